The molecule has 1 N–H and O–H groups in total. The Morgan fingerprint density at radius 1 is 1.35 bits per heavy atom. The molecule has 8 heteroatoms. The van der Waals surface area contributed by atoms with Crippen molar-refractivity contribution in [3.8, 4) is 0 Å². The fourth-order valence-electron chi connectivity index (χ4n) is 2.39. The van der Waals surface area contributed by atoms with Gasteiger partial charge in [-0.25, -0.2) is 9.18 Å². The second-order valence-electron chi connectivity index (χ2n) is 6.99. The van der Waals surface area contributed by atoms with Crippen LogP contribution in [-0.4, -0.2) is 35.1 Å². The van der Waals surface area contributed by atoms with Crippen molar-refractivity contribution in [3.63, 3.8) is 0 Å². The lowest BCUT2D eigenvalue weighted by Crippen LogP contribution is -2.57. The summed E-state index contributed by atoms with van der Waals surface area (Å²) in [5, 5.41) is 2.43. The van der Waals surface area contributed by atoms with E-state index >= 15 is 0 Å². The zero-order chi connectivity index (χ0) is 19.7. The fourth-order valence-corrected chi connectivity index (χ4v) is 2.39. The molecule has 1 saturated heterocycles. The minimum Gasteiger partial charge on any atom is -0.444 e. The van der Waals surface area contributed by atoms with E-state index in [-0.39, 0.29) is 5.69 Å². The maximum absolute atomic E-state index is 13.7. The normalized spacial score (nSPS) is 17.3. The van der Waals surface area contributed by atoms with Gasteiger partial charge in [-0.05, 0) is 51.5 Å². The average Bonchev–Trinajstić information content (AvgIpc) is 2.45. The Hall–Kier alpha value is -2.51. The minimum absolute atomic E-state index is 0.00367. The Bertz CT molecular complexity index is 729. The predicted octanol–water partition coefficient (Wildman–Crippen LogP) is 4.05. The van der Waals surface area contributed by atoms with Gasteiger partial charge in [0.25, 0.3) is 5.92 Å². The van der Waals surface area contributed by atoms with E-state index in [4.69, 9.17) is 4.74 Å². The van der Waals surface area contributed by atoms with Crippen LogP contribution in [0.15, 0.2) is 30.9 Å². The van der Waals surface area contributed by atoms with Crippen LogP contribution in [-0.2, 0) is 15.5 Å². The number of likely N-dealkylation sites (tertiary alicyclic amines) is 1. The SMILES string of the molecule is C=CC(F)(F)c1cc(NC(=O)C2CCN2C(=O)OC(C)(C)C)ccc1F. The molecule has 142 valence electrons. The van der Waals surface area contributed by atoms with Crippen molar-refractivity contribution < 1.29 is 27.5 Å². The molecule has 2 rings (SSSR count). The Labute approximate surface area is 149 Å². The zero-order valence-corrected chi connectivity index (χ0v) is 14.8. The molecular weight excluding hydrogens is 349 g/mol. The largest absolute Gasteiger partial charge is 0.444 e. The van der Waals surface area contributed by atoms with E-state index in [1.165, 1.54) is 11.0 Å². The number of alkyl halides is 2. The van der Waals surface area contributed by atoms with E-state index in [0.29, 0.717) is 19.0 Å². The van der Waals surface area contributed by atoms with E-state index < -0.39 is 40.9 Å². The number of allylic oxidation sites excluding steroid dienone is 1. The number of carbonyl (C=O) groups excluding carboxylic acids is 2. The lowest BCUT2D eigenvalue weighted by atomic mass is 10.0. The summed E-state index contributed by atoms with van der Waals surface area (Å²) in [5.41, 5.74) is -1.58. The number of nitrogens with one attached hydrogen (secondary N) is 1. The van der Waals surface area contributed by atoms with E-state index in [2.05, 4.69) is 11.9 Å². The van der Waals surface area contributed by atoms with Crippen LogP contribution in [0.25, 0.3) is 0 Å². The number of amides is 2. The third kappa shape index (κ3) is 4.36. The van der Waals surface area contributed by atoms with Gasteiger partial charge in [0.1, 0.15) is 17.5 Å². The maximum Gasteiger partial charge on any atom is 0.410 e. The first kappa shape index (κ1) is 19.8. The summed E-state index contributed by atoms with van der Waals surface area (Å²) in [4.78, 5) is 25.6. The second kappa shape index (κ2) is 7.01. The first-order valence-corrected chi connectivity index (χ1v) is 8.06. The van der Waals surface area contributed by atoms with E-state index in [1.54, 1.807) is 20.8 Å². The van der Waals surface area contributed by atoms with E-state index in [9.17, 15) is 22.8 Å². The molecule has 0 bridgehead atoms. The second-order valence-corrected chi connectivity index (χ2v) is 6.99. The Morgan fingerprint density at radius 2 is 2.00 bits per heavy atom. The molecule has 1 aromatic rings. The number of hydrogen-bond acceptors (Lipinski definition) is 3. The molecule has 1 aliphatic rings. The number of carbonyl (C=O) groups is 2. The highest BCUT2D eigenvalue weighted by Gasteiger charge is 2.40. The number of rotatable bonds is 4. The highest BCUT2D eigenvalue weighted by Crippen LogP contribution is 2.33. The highest BCUT2D eigenvalue weighted by atomic mass is 19.3. The molecule has 1 atom stereocenters. The van der Waals surface area contributed by atoms with Gasteiger partial charge >= 0.3 is 6.09 Å². The average molecular weight is 370 g/mol. The molecule has 26 heavy (non-hydrogen) atoms. The Kier molecular flexibility index (Phi) is 5.34. The quantitative estimate of drug-likeness (QED) is 0.814. The van der Waals surface area contributed by atoms with Crippen LogP contribution < -0.4 is 5.32 Å². The molecule has 1 heterocycles. The standard InChI is InChI=1S/C18H21F3N2O3/c1-5-18(20,21)12-10-11(6-7-13(12)19)22-15(24)14-8-9-23(14)16(25)26-17(2,3)4/h5-7,10,14H,1,8-9H2,2-4H3,(H,22,24). The van der Waals surface area contributed by atoms with Crippen molar-refractivity contribution in [2.24, 2.45) is 0 Å². The van der Waals surface area contributed by atoms with Gasteiger partial charge in [0, 0.05) is 12.2 Å². The number of anilines is 1. The molecule has 5 nitrogen and oxygen atoms in total. The van der Waals surface area contributed by atoms with Crippen LogP contribution in [0.1, 0.15) is 32.8 Å². The van der Waals surface area contributed by atoms with Gasteiger partial charge in [0.15, 0.2) is 0 Å². The van der Waals surface area contributed by atoms with Gasteiger partial charge in [0.05, 0.1) is 5.56 Å². The molecule has 1 aliphatic heterocycles. The van der Waals surface area contributed by atoms with Crippen molar-refractivity contribution in [3.05, 3.63) is 42.2 Å². The summed E-state index contributed by atoms with van der Waals surface area (Å²) in [6, 6.07) is 2.10. The number of ether oxygens (including phenoxy) is 1. The van der Waals surface area contributed by atoms with Crippen LogP contribution in [0.2, 0.25) is 0 Å². The van der Waals surface area contributed by atoms with Crippen LogP contribution >= 0.6 is 0 Å². The fraction of sp³-hybridized carbons (Fsp3) is 0.444. The monoisotopic (exact) mass is 370 g/mol. The third-order valence-electron chi connectivity index (χ3n) is 3.80. The van der Waals surface area contributed by atoms with Crippen LogP contribution in [0.5, 0.6) is 0 Å². The summed E-state index contributed by atoms with van der Waals surface area (Å²) in [6.07, 6.45) is 0.122. The molecule has 0 saturated carbocycles. The molecular formula is C18H21F3N2O3. The van der Waals surface area contributed by atoms with E-state index in [1.807, 2.05) is 0 Å². The van der Waals surface area contributed by atoms with Crippen molar-refractivity contribution >= 4 is 17.7 Å². The summed E-state index contributed by atoms with van der Waals surface area (Å²) in [6.45, 7) is 8.47. The number of nitrogens with zero attached hydrogens (tertiary/aromatic N) is 1. The first-order valence-electron chi connectivity index (χ1n) is 8.06. The predicted molar refractivity (Wildman–Crippen MR) is 90.5 cm³/mol. The molecule has 0 radical (unpaired) electrons. The molecule has 1 unspecified atom stereocenters. The van der Waals surface area contributed by atoms with Crippen LogP contribution in [0.4, 0.5) is 23.7 Å². The minimum atomic E-state index is -3.57. The van der Waals surface area contributed by atoms with Gasteiger partial charge in [-0.3, -0.25) is 9.69 Å². The van der Waals surface area contributed by atoms with E-state index in [0.717, 1.165) is 12.1 Å². The molecule has 1 aromatic carbocycles. The summed E-state index contributed by atoms with van der Waals surface area (Å²) >= 11 is 0. The van der Waals surface area contributed by atoms with Crippen molar-refractivity contribution in [1.82, 2.24) is 4.90 Å². The lowest BCUT2D eigenvalue weighted by Gasteiger charge is -2.40. The third-order valence-corrected chi connectivity index (χ3v) is 3.80. The summed E-state index contributed by atoms with van der Waals surface area (Å²) in [7, 11) is 0. The number of benzene rings is 1. The van der Waals surface area contributed by atoms with Gasteiger partial charge in [0.2, 0.25) is 5.91 Å². The maximum atomic E-state index is 13.7. The van der Waals surface area contributed by atoms with Crippen molar-refractivity contribution in [2.75, 3.05) is 11.9 Å². The summed E-state index contributed by atoms with van der Waals surface area (Å²) in [5.74, 6) is -5.22. The van der Waals surface area contributed by atoms with Gasteiger partial charge in [-0.15, -0.1) is 0 Å². The Morgan fingerprint density at radius 3 is 2.50 bits per heavy atom. The van der Waals surface area contributed by atoms with Gasteiger partial charge in [-0.1, -0.05) is 6.58 Å². The van der Waals surface area contributed by atoms with Crippen molar-refractivity contribution in [1.29, 1.82) is 0 Å². The highest BCUT2D eigenvalue weighted by molar-refractivity contribution is 5.97. The molecule has 0 aromatic heterocycles. The molecule has 0 spiro atoms. The van der Waals surface area contributed by atoms with Crippen LogP contribution in [0.3, 0.4) is 0 Å². The van der Waals surface area contributed by atoms with Crippen LogP contribution in [0, 0.1) is 5.82 Å². The lowest BCUT2D eigenvalue weighted by molar-refractivity contribution is -0.125. The Balaban J connectivity index is 2.10. The van der Waals surface area contributed by atoms with Gasteiger partial charge < -0.3 is 10.1 Å². The smallest absolute Gasteiger partial charge is 0.410 e. The topological polar surface area (TPSA) is 58.6 Å². The molecule has 1 fully saturated rings. The number of halogens is 3. The van der Waals surface area contributed by atoms with Crippen molar-refractivity contribution in [2.45, 2.75) is 44.8 Å². The molecule has 2 amide bonds. The number of hydrogen-bond donors (Lipinski definition) is 1. The first-order chi connectivity index (χ1) is 11.9. The van der Waals surface area contributed by atoms with Gasteiger partial charge in [-0.2, -0.15) is 8.78 Å². The molecule has 0 aliphatic carbocycles. The zero-order valence-electron chi connectivity index (χ0n) is 14.8. The summed E-state index contributed by atoms with van der Waals surface area (Å²) < 4.78 is 46.2.